The quantitative estimate of drug-likeness (QED) is 0.443. The first-order valence-corrected chi connectivity index (χ1v) is 7.91. The number of unbranched alkanes of at least 4 members (excludes halogenated alkanes) is 1. The largest absolute Gasteiger partial charge is 0.468 e. The van der Waals surface area contributed by atoms with Crippen LogP contribution in [0.2, 0.25) is 0 Å². The molecule has 1 N–H and O–H groups in total. The van der Waals surface area contributed by atoms with Gasteiger partial charge in [0.25, 0.3) is 0 Å². The maximum atomic E-state index is 12.0. The number of rotatable bonds is 12. The maximum Gasteiger partial charge on any atom is 0.325 e. The van der Waals surface area contributed by atoms with Crippen molar-refractivity contribution < 1.29 is 19.0 Å². The molecule has 0 heterocycles. The first kappa shape index (κ1) is 20.3. The molecule has 0 radical (unpaired) electrons. The van der Waals surface area contributed by atoms with Gasteiger partial charge in [-0.05, 0) is 34.1 Å². The molecule has 0 aliphatic rings. The van der Waals surface area contributed by atoms with Crippen molar-refractivity contribution in [2.75, 3.05) is 26.9 Å². The fourth-order valence-corrected chi connectivity index (χ4v) is 2.35. The van der Waals surface area contributed by atoms with Crippen LogP contribution in [-0.2, 0) is 19.0 Å². The summed E-state index contributed by atoms with van der Waals surface area (Å²) in [5.41, 5.74) is -0.731. The Morgan fingerprint density at radius 1 is 1.19 bits per heavy atom. The molecule has 126 valence electrons. The topological polar surface area (TPSA) is 56.8 Å². The van der Waals surface area contributed by atoms with E-state index in [2.05, 4.69) is 12.2 Å². The van der Waals surface area contributed by atoms with Crippen molar-refractivity contribution in [2.24, 2.45) is 0 Å². The standard InChI is InChI=1S/C16H33NO4/c1-7-8-9-20-10-11-21-14(4)12-16(5,15(18)19-6)17-13(2)3/h13-14,17H,7-12H2,1-6H3. The van der Waals surface area contributed by atoms with Crippen molar-refractivity contribution in [3.8, 4) is 0 Å². The number of carbonyl (C=O) groups excluding carboxylic acids is 1. The average Bonchev–Trinajstić information content (AvgIpc) is 2.40. The van der Waals surface area contributed by atoms with Crippen LogP contribution in [0.3, 0.4) is 0 Å². The molecule has 0 amide bonds. The second kappa shape index (κ2) is 11.0. The Morgan fingerprint density at radius 2 is 1.86 bits per heavy atom. The third kappa shape index (κ3) is 9.06. The van der Waals surface area contributed by atoms with Gasteiger partial charge in [0.15, 0.2) is 0 Å². The zero-order valence-electron chi connectivity index (χ0n) is 14.5. The average molecular weight is 303 g/mol. The summed E-state index contributed by atoms with van der Waals surface area (Å²) >= 11 is 0. The molecule has 21 heavy (non-hydrogen) atoms. The lowest BCUT2D eigenvalue weighted by atomic mass is 9.94. The van der Waals surface area contributed by atoms with Gasteiger partial charge in [-0.3, -0.25) is 10.1 Å². The predicted octanol–water partition coefficient (Wildman–Crippen LogP) is 2.53. The Labute approximate surface area is 129 Å². The Balaban J connectivity index is 4.16. The van der Waals surface area contributed by atoms with Crippen molar-refractivity contribution in [1.82, 2.24) is 5.32 Å². The molecule has 0 aromatic carbocycles. The Morgan fingerprint density at radius 3 is 2.38 bits per heavy atom. The number of hydrogen-bond acceptors (Lipinski definition) is 5. The number of hydrogen-bond donors (Lipinski definition) is 1. The molecule has 0 saturated carbocycles. The molecule has 5 nitrogen and oxygen atoms in total. The van der Waals surface area contributed by atoms with Crippen molar-refractivity contribution in [2.45, 2.75) is 71.6 Å². The van der Waals surface area contributed by atoms with Gasteiger partial charge in [0.05, 0.1) is 26.4 Å². The number of esters is 1. The van der Waals surface area contributed by atoms with Crippen molar-refractivity contribution in [3.63, 3.8) is 0 Å². The van der Waals surface area contributed by atoms with E-state index in [0.717, 1.165) is 19.4 Å². The zero-order chi connectivity index (χ0) is 16.3. The summed E-state index contributed by atoms with van der Waals surface area (Å²) in [4.78, 5) is 12.0. The highest BCUT2D eigenvalue weighted by atomic mass is 16.5. The number of carbonyl (C=O) groups is 1. The summed E-state index contributed by atoms with van der Waals surface area (Å²) in [5.74, 6) is -0.258. The van der Waals surface area contributed by atoms with Crippen LogP contribution >= 0.6 is 0 Å². The monoisotopic (exact) mass is 303 g/mol. The highest BCUT2D eigenvalue weighted by Gasteiger charge is 2.36. The van der Waals surface area contributed by atoms with Crippen LogP contribution in [0.15, 0.2) is 0 Å². The smallest absolute Gasteiger partial charge is 0.325 e. The molecule has 0 fully saturated rings. The lowest BCUT2D eigenvalue weighted by molar-refractivity contribution is -0.150. The molecule has 2 atom stereocenters. The Kier molecular flexibility index (Phi) is 10.6. The van der Waals surface area contributed by atoms with E-state index in [1.165, 1.54) is 7.11 Å². The summed E-state index contributed by atoms with van der Waals surface area (Å²) in [6.07, 6.45) is 2.73. The normalized spacial score (nSPS) is 15.8. The molecule has 0 spiro atoms. The van der Waals surface area contributed by atoms with Crippen LogP contribution < -0.4 is 5.32 Å². The Bertz CT molecular complexity index is 283. The van der Waals surface area contributed by atoms with Crippen molar-refractivity contribution in [1.29, 1.82) is 0 Å². The van der Waals surface area contributed by atoms with E-state index in [9.17, 15) is 4.79 Å². The van der Waals surface area contributed by atoms with Gasteiger partial charge in [-0.25, -0.2) is 0 Å². The van der Waals surface area contributed by atoms with Gasteiger partial charge in [-0.2, -0.15) is 0 Å². The molecule has 5 heteroatoms. The van der Waals surface area contributed by atoms with Crippen molar-refractivity contribution in [3.05, 3.63) is 0 Å². The fourth-order valence-electron chi connectivity index (χ4n) is 2.35. The highest BCUT2D eigenvalue weighted by molar-refractivity contribution is 5.80. The summed E-state index contributed by atoms with van der Waals surface area (Å²) in [6, 6.07) is 0.193. The lowest BCUT2D eigenvalue weighted by Gasteiger charge is -2.32. The van der Waals surface area contributed by atoms with Crippen LogP contribution in [0.4, 0.5) is 0 Å². The number of methoxy groups -OCH3 is 1. The van der Waals surface area contributed by atoms with Gasteiger partial charge >= 0.3 is 5.97 Å². The van der Waals surface area contributed by atoms with Crippen LogP contribution in [0.25, 0.3) is 0 Å². The van der Waals surface area contributed by atoms with E-state index < -0.39 is 5.54 Å². The molecule has 2 unspecified atom stereocenters. The number of nitrogens with one attached hydrogen (secondary N) is 1. The van der Waals surface area contributed by atoms with Crippen LogP contribution in [0.1, 0.15) is 53.9 Å². The van der Waals surface area contributed by atoms with Gasteiger partial charge < -0.3 is 14.2 Å². The minimum atomic E-state index is -0.731. The van der Waals surface area contributed by atoms with Crippen LogP contribution in [0.5, 0.6) is 0 Å². The Hall–Kier alpha value is -0.650. The van der Waals surface area contributed by atoms with E-state index in [0.29, 0.717) is 19.6 Å². The summed E-state index contributed by atoms with van der Waals surface area (Å²) in [5, 5.41) is 3.27. The zero-order valence-corrected chi connectivity index (χ0v) is 14.5. The van der Waals surface area contributed by atoms with Gasteiger partial charge in [-0.1, -0.05) is 13.3 Å². The van der Waals surface area contributed by atoms with Crippen molar-refractivity contribution >= 4 is 5.97 Å². The van der Waals surface area contributed by atoms with Gasteiger partial charge in [0, 0.05) is 19.1 Å². The second-order valence-electron chi connectivity index (χ2n) is 5.97. The molecule has 0 rings (SSSR count). The SMILES string of the molecule is CCCCOCCOC(C)CC(C)(NC(C)C)C(=O)OC. The summed E-state index contributed by atoms with van der Waals surface area (Å²) in [7, 11) is 1.41. The molecular weight excluding hydrogens is 270 g/mol. The fraction of sp³-hybridized carbons (Fsp3) is 0.938. The van der Waals surface area contributed by atoms with Crippen LogP contribution in [-0.4, -0.2) is 50.6 Å². The molecule has 0 bridgehead atoms. The van der Waals surface area contributed by atoms with Gasteiger partial charge in [0.1, 0.15) is 5.54 Å². The molecule has 0 saturated heterocycles. The maximum absolute atomic E-state index is 12.0. The summed E-state index contributed by atoms with van der Waals surface area (Å²) in [6.45, 7) is 11.9. The third-order valence-corrected chi connectivity index (χ3v) is 3.21. The van der Waals surface area contributed by atoms with E-state index in [4.69, 9.17) is 14.2 Å². The molecule has 0 aliphatic heterocycles. The number of ether oxygens (including phenoxy) is 3. The second-order valence-corrected chi connectivity index (χ2v) is 5.97. The van der Waals surface area contributed by atoms with E-state index in [-0.39, 0.29) is 18.1 Å². The van der Waals surface area contributed by atoms with Crippen LogP contribution in [0, 0.1) is 0 Å². The minimum absolute atomic E-state index is 0.0462. The first-order chi connectivity index (χ1) is 9.85. The molecule has 0 aromatic heterocycles. The lowest BCUT2D eigenvalue weighted by Crippen LogP contribution is -2.54. The minimum Gasteiger partial charge on any atom is -0.468 e. The molecular formula is C16H33NO4. The van der Waals surface area contributed by atoms with Gasteiger partial charge in [0.2, 0.25) is 0 Å². The van der Waals surface area contributed by atoms with E-state index in [1.807, 2.05) is 27.7 Å². The third-order valence-electron chi connectivity index (χ3n) is 3.21. The molecule has 0 aromatic rings. The van der Waals surface area contributed by atoms with E-state index >= 15 is 0 Å². The summed E-state index contributed by atoms with van der Waals surface area (Å²) < 4.78 is 16.1. The highest BCUT2D eigenvalue weighted by Crippen LogP contribution is 2.17. The van der Waals surface area contributed by atoms with E-state index in [1.54, 1.807) is 0 Å². The predicted molar refractivity (Wildman–Crippen MR) is 84.5 cm³/mol. The molecule has 0 aliphatic carbocycles. The first-order valence-electron chi connectivity index (χ1n) is 7.91. The van der Waals surface area contributed by atoms with Gasteiger partial charge in [-0.15, -0.1) is 0 Å².